The van der Waals surface area contributed by atoms with Gasteiger partial charge >= 0.3 is 0 Å². The summed E-state index contributed by atoms with van der Waals surface area (Å²) in [5, 5.41) is 0. The third kappa shape index (κ3) is 3.17. The molecule has 2 heteroatoms. The lowest BCUT2D eigenvalue weighted by Crippen LogP contribution is -2.46. The van der Waals surface area contributed by atoms with Crippen molar-refractivity contribution in [3.05, 3.63) is 29.8 Å². The molecule has 0 aromatic heterocycles. The van der Waals surface area contributed by atoms with E-state index < -0.39 is 0 Å². The van der Waals surface area contributed by atoms with Crippen LogP contribution in [-0.4, -0.2) is 11.9 Å². The third-order valence-electron chi connectivity index (χ3n) is 3.57. The number of para-hydroxylation sites is 1. The van der Waals surface area contributed by atoms with E-state index in [1.54, 1.807) is 0 Å². The van der Waals surface area contributed by atoms with Crippen LogP contribution in [0.3, 0.4) is 0 Å². The van der Waals surface area contributed by atoms with Gasteiger partial charge in [-0.2, -0.15) is 0 Å². The fourth-order valence-corrected chi connectivity index (χ4v) is 2.59. The molecule has 1 aliphatic rings. The first-order valence-corrected chi connectivity index (χ1v) is 7.43. The fourth-order valence-electron chi connectivity index (χ4n) is 2.59. The minimum absolute atomic E-state index is 0.132. The first-order valence-electron chi connectivity index (χ1n) is 7.43. The Labute approximate surface area is 117 Å². The topological polar surface area (TPSA) is 20.3 Å². The van der Waals surface area contributed by atoms with Gasteiger partial charge in [-0.25, -0.2) is 0 Å². The van der Waals surface area contributed by atoms with Crippen molar-refractivity contribution in [2.75, 3.05) is 4.90 Å². The van der Waals surface area contributed by atoms with Gasteiger partial charge < -0.3 is 4.90 Å². The van der Waals surface area contributed by atoms with Crippen LogP contribution in [0, 0.1) is 11.8 Å². The molecule has 0 saturated carbocycles. The van der Waals surface area contributed by atoms with Gasteiger partial charge in [0.25, 0.3) is 0 Å². The van der Waals surface area contributed by atoms with Crippen LogP contribution in [0.1, 0.15) is 47.1 Å². The summed E-state index contributed by atoms with van der Waals surface area (Å²) in [6.45, 7) is 12.4. The number of rotatable bonds is 2. The predicted molar refractivity (Wildman–Crippen MR) is 82.4 cm³/mol. The van der Waals surface area contributed by atoms with Crippen LogP contribution in [-0.2, 0) is 11.2 Å². The lowest BCUT2D eigenvalue weighted by atomic mass is 9.83. The van der Waals surface area contributed by atoms with Gasteiger partial charge in [-0.1, -0.05) is 45.9 Å². The predicted octanol–water partition coefficient (Wildman–Crippen LogP) is 4.28. The molecule has 0 radical (unpaired) electrons. The van der Waals surface area contributed by atoms with Crippen LogP contribution in [0.4, 0.5) is 5.69 Å². The summed E-state index contributed by atoms with van der Waals surface area (Å²) in [6.07, 6.45) is 0.885. The Kier molecular flexibility index (Phi) is 5.59. The van der Waals surface area contributed by atoms with E-state index in [0.717, 1.165) is 12.1 Å². The molecule has 1 aromatic carbocycles. The number of carbonyl (C=O) groups excluding carboxylic acids is 1. The minimum Gasteiger partial charge on any atom is -0.309 e. The average Bonchev–Trinajstić information content (AvgIpc) is 2.39. The molecule has 0 spiro atoms. The highest BCUT2D eigenvalue weighted by Crippen LogP contribution is 2.34. The zero-order valence-electron chi connectivity index (χ0n) is 13.1. The van der Waals surface area contributed by atoms with Crippen molar-refractivity contribution in [3.63, 3.8) is 0 Å². The Morgan fingerprint density at radius 3 is 2.21 bits per heavy atom. The Morgan fingerprint density at radius 1 is 1.11 bits per heavy atom. The van der Waals surface area contributed by atoms with E-state index in [0.29, 0.717) is 5.92 Å². The van der Waals surface area contributed by atoms with E-state index in [1.165, 1.54) is 5.56 Å². The van der Waals surface area contributed by atoms with Gasteiger partial charge in [0, 0.05) is 17.6 Å². The van der Waals surface area contributed by atoms with E-state index in [4.69, 9.17) is 0 Å². The molecule has 1 amide bonds. The summed E-state index contributed by atoms with van der Waals surface area (Å²) in [5.41, 5.74) is 2.41. The van der Waals surface area contributed by atoms with E-state index in [9.17, 15) is 4.79 Å². The Balaban J connectivity index is 0.000000861. The summed E-state index contributed by atoms with van der Waals surface area (Å²) in [4.78, 5) is 14.5. The Hall–Kier alpha value is -1.31. The van der Waals surface area contributed by atoms with E-state index in [2.05, 4.69) is 45.9 Å². The molecule has 2 rings (SSSR count). The number of hydrogen-bond donors (Lipinski definition) is 0. The molecule has 19 heavy (non-hydrogen) atoms. The largest absolute Gasteiger partial charge is 0.309 e. The van der Waals surface area contributed by atoms with Gasteiger partial charge in [-0.05, 0) is 37.8 Å². The molecule has 1 atom stereocenters. The minimum atomic E-state index is 0.132. The normalized spacial score (nSPS) is 18.2. The zero-order chi connectivity index (χ0) is 14.6. The second-order valence-electron chi connectivity index (χ2n) is 5.49. The van der Waals surface area contributed by atoms with Crippen molar-refractivity contribution in [2.45, 2.75) is 54.0 Å². The maximum atomic E-state index is 12.5. The van der Waals surface area contributed by atoms with Gasteiger partial charge in [0.15, 0.2) is 0 Å². The monoisotopic (exact) mass is 261 g/mol. The maximum absolute atomic E-state index is 12.5. The van der Waals surface area contributed by atoms with Crippen molar-refractivity contribution in [1.29, 1.82) is 0 Å². The average molecular weight is 261 g/mol. The smallest absolute Gasteiger partial charge is 0.230 e. The molecule has 1 unspecified atom stereocenters. The number of benzene rings is 1. The number of nitrogens with zero attached hydrogens (tertiary/aromatic N) is 1. The number of carbonyl (C=O) groups is 1. The first-order chi connectivity index (χ1) is 9.02. The van der Waals surface area contributed by atoms with E-state index in [1.807, 2.05) is 24.8 Å². The van der Waals surface area contributed by atoms with Crippen molar-refractivity contribution in [1.82, 2.24) is 0 Å². The second kappa shape index (κ2) is 6.74. The SMILES string of the molecule is CC.CC(C)C1Cc2ccccc2N(C(C)C)C1=O. The van der Waals surface area contributed by atoms with Crippen molar-refractivity contribution in [2.24, 2.45) is 11.8 Å². The van der Waals surface area contributed by atoms with Crippen LogP contribution in [0.5, 0.6) is 0 Å². The quantitative estimate of drug-likeness (QED) is 0.778. The molecule has 0 N–H and O–H groups in total. The summed E-state index contributed by atoms with van der Waals surface area (Å²) in [5.74, 6) is 0.818. The molecule has 0 fully saturated rings. The molecule has 2 nitrogen and oxygen atoms in total. The Bertz CT molecular complexity index is 423. The molecular weight excluding hydrogens is 234 g/mol. The van der Waals surface area contributed by atoms with E-state index in [-0.39, 0.29) is 17.9 Å². The Morgan fingerprint density at radius 2 is 1.68 bits per heavy atom. The number of anilines is 1. The van der Waals surface area contributed by atoms with Gasteiger partial charge in [-0.3, -0.25) is 4.79 Å². The van der Waals surface area contributed by atoms with Crippen LogP contribution in [0.25, 0.3) is 0 Å². The zero-order valence-corrected chi connectivity index (χ0v) is 13.1. The molecule has 0 bridgehead atoms. The first kappa shape index (κ1) is 15.7. The molecule has 1 aromatic rings. The summed E-state index contributed by atoms with van der Waals surface area (Å²) in [6, 6.07) is 8.50. The highest BCUT2D eigenvalue weighted by Gasteiger charge is 2.35. The summed E-state index contributed by atoms with van der Waals surface area (Å²) >= 11 is 0. The van der Waals surface area contributed by atoms with Gasteiger partial charge in [0.05, 0.1) is 0 Å². The highest BCUT2D eigenvalue weighted by molar-refractivity contribution is 5.98. The molecule has 1 heterocycles. The summed E-state index contributed by atoms with van der Waals surface area (Å²) < 4.78 is 0. The van der Waals surface area contributed by atoms with Crippen molar-refractivity contribution in [3.8, 4) is 0 Å². The van der Waals surface area contributed by atoms with Crippen molar-refractivity contribution >= 4 is 11.6 Å². The third-order valence-corrected chi connectivity index (χ3v) is 3.57. The molecular formula is C17H27NO. The van der Waals surface area contributed by atoms with Crippen LogP contribution in [0.15, 0.2) is 24.3 Å². The molecule has 0 aliphatic carbocycles. The van der Waals surface area contributed by atoms with Crippen molar-refractivity contribution < 1.29 is 4.79 Å². The van der Waals surface area contributed by atoms with Crippen LogP contribution >= 0.6 is 0 Å². The highest BCUT2D eigenvalue weighted by atomic mass is 16.2. The lowest BCUT2D eigenvalue weighted by molar-refractivity contribution is -0.124. The number of hydrogen-bond acceptors (Lipinski definition) is 1. The molecule has 1 aliphatic heterocycles. The van der Waals surface area contributed by atoms with Gasteiger partial charge in [0.1, 0.15) is 0 Å². The second-order valence-corrected chi connectivity index (χ2v) is 5.49. The van der Waals surface area contributed by atoms with Gasteiger partial charge in [0.2, 0.25) is 5.91 Å². The lowest BCUT2D eigenvalue weighted by Gasteiger charge is -2.38. The standard InChI is InChI=1S/C15H21NO.C2H6/c1-10(2)13-9-12-7-5-6-8-14(12)16(11(3)4)15(13)17;1-2/h5-8,10-11,13H,9H2,1-4H3;1-2H3. The molecule has 106 valence electrons. The number of amides is 1. The number of fused-ring (bicyclic) bond motifs is 1. The summed E-state index contributed by atoms with van der Waals surface area (Å²) in [7, 11) is 0. The van der Waals surface area contributed by atoms with Crippen LogP contribution in [0.2, 0.25) is 0 Å². The van der Waals surface area contributed by atoms with Crippen LogP contribution < -0.4 is 4.90 Å². The van der Waals surface area contributed by atoms with Gasteiger partial charge in [-0.15, -0.1) is 0 Å². The fraction of sp³-hybridized carbons (Fsp3) is 0.588. The van der Waals surface area contributed by atoms with E-state index >= 15 is 0 Å². The maximum Gasteiger partial charge on any atom is 0.230 e. The molecule has 0 saturated heterocycles.